The van der Waals surface area contributed by atoms with Crippen LogP contribution in [0, 0.1) is 5.82 Å². The zero-order valence-corrected chi connectivity index (χ0v) is 12.2. The smallest absolute Gasteiger partial charge is 0.240 e. The Morgan fingerprint density at radius 3 is 2.40 bits per heavy atom. The van der Waals surface area contributed by atoms with E-state index in [1.165, 1.54) is 12.1 Å². The van der Waals surface area contributed by atoms with Crippen molar-refractivity contribution < 1.29 is 17.6 Å². The molecule has 0 saturated carbocycles. The lowest BCUT2D eigenvalue weighted by Crippen LogP contribution is -2.38. The average molecular weight is 300 g/mol. The summed E-state index contributed by atoms with van der Waals surface area (Å²) in [6.07, 6.45) is 0.151. The number of amides is 1. The van der Waals surface area contributed by atoms with Gasteiger partial charge in [0.05, 0.1) is 4.90 Å². The minimum absolute atomic E-state index is 0.00524. The maximum Gasteiger partial charge on any atom is 0.240 e. The highest BCUT2D eigenvalue weighted by Gasteiger charge is 2.33. The van der Waals surface area contributed by atoms with E-state index in [2.05, 4.69) is 4.72 Å². The first-order chi connectivity index (χ1) is 9.29. The van der Waals surface area contributed by atoms with E-state index >= 15 is 0 Å². The van der Waals surface area contributed by atoms with Gasteiger partial charge in [0, 0.05) is 25.0 Å². The third-order valence-electron chi connectivity index (χ3n) is 3.23. The Balaban J connectivity index is 2.10. The molecule has 5 nitrogen and oxygen atoms in total. The maximum absolute atomic E-state index is 12.8. The topological polar surface area (TPSA) is 66.5 Å². The van der Waals surface area contributed by atoms with Crippen LogP contribution in [0.4, 0.5) is 4.39 Å². The first kappa shape index (κ1) is 14.9. The van der Waals surface area contributed by atoms with Crippen molar-refractivity contribution in [3.8, 4) is 0 Å². The van der Waals surface area contributed by atoms with Gasteiger partial charge in [-0.15, -0.1) is 0 Å². The van der Waals surface area contributed by atoms with Crippen LogP contribution in [0.1, 0.15) is 20.3 Å². The van der Waals surface area contributed by atoms with Gasteiger partial charge >= 0.3 is 0 Å². The fraction of sp³-hybridized carbons (Fsp3) is 0.462. The van der Waals surface area contributed by atoms with E-state index in [4.69, 9.17) is 0 Å². The zero-order valence-electron chi connectivity index (χ0n) is 11.3. The molecule has 1 aliphatic rings. The fourth-order valence-electron chi connectivity index (χ4n) is 2.21. The summed E-state index contributed by atoms with van der Waals surface area (Å²) in [6.45, 7) is 4.13. The molecule has 0 aliphatic carbocycles. The van der Waals surface area contributed by atoms with Gasteiger partial charge in [-0.05, 0) is 38.1 Å². The van der Waals surface area contributed by atoms with Gasteiger partial charge in [-0.1, -0.05) is 0 Å². The number of likely N-dealkylation sites (tertiary alicyclic amines) is 1. The summed E-state index contributed by atoms with van der Waals surface area (Å²) in [5.74, 6) is -0.558. The van der Waals surface area contributed by atoms with Gasteiger partial charge < -0.3 is 4.90 Å². The lowest BCUT2D eigenvalue weighted by molar-refractivity contribution is -0.129. The summed E-state index contributed by atoms with van der Waals surface area (Å²) in [7, 11) is -3.73. The molecule has 0 spiro atoms. The molecule has 20 heavy (non-hydrogen) atoms. The van der Waals surface area contributed by atoms with Crippen molar-refractivity contribution in [3.63, 3.8) is 0 Å². The van der Waals surface area contributed by atoms with Crippen molar-refractivity contribution >= 4 is 15.9 Å². The van der Waals surface area contributed by atoms with E-state index in [9.17, 15) is 17.6 Å². The molecule has 110 valence electrons. The van der Waals surface area contributed by atoms with E-state index in [0.29, 0.717) is 6.54 Å². The van der Waals surface area contributed by atoms with Crippen molar-refractivity contribution in [1.29, 1.82) is 0 Å². The molecule has 0 bridgehead atoms. The quantitative estimate of drug-likeness (QED) is 0.906. The summed E-state index contributed by atoms with van der Waals surface area (Å²) in [4.78, 5) is 13.4. The Morgan fingerprint density at radius 2 is 1.90 bits per heavy atom. The monoisotopic (exact) mass is 300 g/mol. The molecule has 1 fully saturated rings. The van der Waals surface area contributed by atoms with E-state index in [-0.39, 0.29) is 23.3 Å². The molecule has 1 aromatic carbocycles. The maximum atomic E-state index is 12.8. The third kappa shape index (κ3) is 3.16. The first-order valence-electron chi connectivity index (χ1n) is 6.37. The van der Waals surface area contributed by atoms with Crippen LogP contribution in [0.25, 0.3) is 0 Å². The van der Waals surface area contributed by atoms with Crippen LogP contribution < -0.4 is 4.72 Å². The summed E-state index contributed by atoms with van der Waals surface area (Å²) in [5.41, 5.74) is 0. The molecule has 1 amide bonds. The number of nitrogens with one attached hydrogen (secondary N) is 1. The Kier molecular flexibility index (Phi) is 4.10. The molecule has 1 saturated heterocycles. The van der Waals surface area contributed by atoms with Crippen molar-refractivity contribution in [1.82, 2.24) is 9.62 Å². The molecule has 0 radical (unpaired) electrons. The number of benzene rings is 1. The van der Waals surface area contributed by atoms with Crippen LogP contribution in [0.2, 0.25) is 0 Å². The van der Waals surface area contributed by atoms with Crippen LogP contribution in [0.15, 0.2) is 29.2 Å². The van der Waals surface area contributed by atoms with Gasteiger partial charge in [0.1, 0.15) is 5.82 Å². The Hall–Kier alpha value is -1.47. The lowest BCUT2D eigenvalue weighted by Gasteiger charge is -2.21. The van der Waals surface area contributed by atoms with Gasteiger partial charge in [0.25, 0.3) is 0 Å². The standard InChI is InChI=1S/C13H17FN2O3S/c1-9(2)16-8-11(7-13(16)17)15-20(18,19)12-5-3-10(14)4-6-12/h3-6,9,11,15H,7-8H2,1-2H3. The van der Waals surface area contributed by atoms with Crippen LogP contribution in [-0.4, -0.2) is 37.9 Å². The van der Waals surface area contributed by atoms with E-state index < -0.39 is 21.9 Å². The van der Waals surface area contributed by atoms with Gasteiger partial charge in [-0.3, -0.25) is 4.79 Å². The molecule has 1 N–H and O–H groups in total. The van der Waals surface area contributed by atoms with Crippen LogP contribution in [0.3, 0.4) is 0 Å². The number of nitrogens with zero attached hydrogens (tertiary/aromatic N) is 1. The van der Waals surface area contributed by atoms with Crippen molar-refractivity contribution in [2.45, 2.75) is 37.2 Å². The second-order valence-corrected chi connectivity index (χ2v) is 6.83. The highest BCUT2D eigenvalue weighted by Crippen LogP contribution is 2.17. The van der Waals surface area contributed by atoms with Crippen molar-refractivity contribution in [2.24, 2.45) is 0 Å². The molecular formula is C13H17FN2O3S. The van der Waals surface area contributed by atoms with Crippen LogP contribution in [-0.2, 0) is 14.8 Å². The van der Waals surface area contributed by atoms with E-state index in [1.807, 2.05) is 13.8 Å². The zero-order chi connectivity index (χ0) is 14.9. The highest BCUT2D eigenvalue weighted by atomic mass is 32.2. The number of hydrogen-bond donors (Lipinski definition) is 1. The summed E-state index contributed by atoms with van der Waals surface area (Å²) >= 11 is 0. The average Bonchev–Trinajstić information content (AvgIpc) is 2.70. The lowest BCUT2D eigenvalue weighted by atomic mass is 10.3. The van der Waals surface area contributed by atoms with Gasteiger partial charge in [0.2, 0.25) is 15.9 Å². The number of rotatable bonds is 4. The molecule has 1 aliphatic heterocycles. The van der Waals surface area contributed by atoms with Gasteiger partial charge in [-0.25, -0.2) is 17.5 Å². The Morgan fingerprint density at radius 1 is 1.30 bits per heavy atom. The summed E-state index contributed by atoms with van der Waals surface area (Å²) in [6, 6.07) is 4.19. The minimum atomic E-state index is -3.73. The third-order valence-corrected chi connectivity index (χ3v) is 4.76. The largest absolute Gasteiger partial charge is 0.339 e. The molecular weight excluding hydrogens is 283 g/mol. The predicted octanol–water partition coefficient (Wildman–Crippen LogP) is 1.11. The SMILES string of the molecule is CC(C)N1CC(NS(=O)(=O)c2ccc(F)cc2)CC1=O. The second-order valence-electron chi connectivity index (χ2n) is 5.12. The molecule has 7 heteroatoms. The number of halogens is 1. The van der Waals surface area contributed by atoms with Gasteiger partial charge in [0.15, 0.2) is 0 Å². The Labute approximate surface area is 117 Å². The van der Waals surface area contributed by atoms with E-state index in [1.54, 1.807) is 4.90 Å². The number of hydrogen-bond acceptors (Lipinski definition) is 3. The molecule has 1 aromatic rings. The molecule has 0 aromatic heterocycles. The van der Waals surface area contributed by atoms with E-state index in [0.717, 1.165) is 12.1 Å². The normalized spacial score (nSPS) is 19.9. The van der Waals surface area contributed by atoms with Crippen molar-refractivity contribution in [3.05, 3.63) is 30.1 Å². The summed E-state index contributed by atoms with van der Waals surface area (Å²) < 4.78 is 39.5. The van der Waals surface area contributed by atoms with Crippen LogP contribution in [0.5, 0.6) is 0 Å². The Bertz CT molecular complexity index is 599. The molecule has 2 rings (SSSR count). The summed E-state index contributed by atoms with van der Waals surface area (Å²) in [5, 5.41) is 0. The second kappa shape index (κ2) is 5.49. The molecule has 1 heterocycles. The highest BCUT2D eigenvalue weighted by molar-refractivity contribution is 7.89. The number of carbonyl (C=O) groups excluding carboxylic acids is 1. The molecule has 1 atom stereocenters. The molecule has 1 unspecified atom stereocenters. The van der Waals surface area contributed by atoms with Crippen LogP contribution >= 0.6 is 0 Å². The predicted molar refractivity (Wildman–Crippen MR) is 72.0 cm³/mol. The van der Waals surface area contributed by atoms with Gasteiger partial charge in [-0.2, -0.15) is 0 Å². The van der Waals surface area contributed by atoms with Crippen molar-refractivity contribution in [2.75, 3.05) is 6.54 Å². The fourth-order valence-corrected chi connectivity index (χ4v) is 3.44. The first-order valence-corrected chi connectivity index (χ1v) is 7.85. The number of sulfonamides is 1. The number of carbonyl (C=O) groups is 1. The minimum Gasteiger partial charge on any atom is -0.339 e.